The number of imide groups is 1. The van der Waals surface area contributed by atoms with Crippen molar-refractivity contribution in [2.75, 3.05) is 16.8 Å². The summed E-state index contributed by atoms with van der Waals surface area (Å²) in [4.78, 5) is 28.6. The number of anilines is 2. The van der Waals surface area contributed by atoms with Crippen molar-refractivity contribution in [1.29, 1.82) is 0 Å². The smallest absolute Gasteiger partial charge is 0.282 e. The summed E-state index contributed by atoms with van der Waals surface area (Å²) in [5.41, 5.74) is 3.14. The molecule has 1 aliphatic heterocycles. The van der Waals surface area contributed by atoms with E-state index in [4.69, 9.17) is 9.47 Å². The van der Waals surface area contributed by atoms with Crippen molar-refractivity contribution < 1.29 is 19.1 Å². The first-order valence-electron chi connectivity index (χ1n) is 11.3. The van der Waals surface area contributed by atoms with E-state index < -0.39 is 5.91 Å². The number of carbonyl (C=O) groups excluding carboxylic acids is 2. The minimum Gasteiger partial charge on any atom is -0.492 e. The Morgan fingerprint density at radius 3 is 2.24 bits per heavy atom. The van der Waals surface area contributed by atoms with Crippen LogP contribution < -0.4 is 19.7 Å². The highest BCUT2D eigenvalue weighted by atomic mass is 16.5. The Balaban J connectivity index is 1.81. The number of nitrogens with one attached hydrogen (secondary N) is 1. The molecule has 0 spiro atoms. The lowest BCUT2D eigenvalue weighted by Gasteiger charge is -2.18. The average molecular weight is 457 g/mol. The number of para-hydroxylation sites is 3. The molecule has 0 saturated carbocycles. The highest BCUT2D eigenvalue weighted by Gasteiger charge is 2.41. The van der Waals surface area contributed by atoms with Crippen LogP contribution in [0.5, 0.6) is 11.5 Å². The van der Waals surface area contributed by atoms with Crippen LogP contribution in [0.3, 0.4) is 0 Å². The molecule has 174 valence electrons. The monoisotopic (exact) mass is 456 g/mol. The molecule has 2 amide bonds. The minimum atomic E-state index is -0.414. The fraction of sp³-hybridized carbons (Fsp3) is 0.214. The molecule has 6 heteroatoms. The van der Waals surface area contributed by atoms with Gasteiger partial charge in [0.25, 0.3) is 11.8 Å². The minimum absolute atomic E-state index is 0.0311. The van der Waals surface area contributed by atoms with Crippen molar-refractivity contribution >= 4 is 28.8 Å². The van der Waals surface area contributed by atoms with Gasteiger partial charge in [0.05, 0.1) is 29.7 Å². The van der Waals surface area contributed by atoms with Crippen molar-refractivity contribution in [1.82, 2.24) is 0 Å². The van der Waals surface area contributed by atoms with Gasteiger partial charge in [-0.2, -0.15) is 0 Å². The Kier molecular flexibility index (Phi) is 6.68. The molecule has 4 rings (SSSR count). The molecule has 0 saturated heterocycles. The van der Waals surface area contributed by atoms with E-state index in [1.807, 2.05) is 82.3 Å². The summed E-state index contributed by atoms with van der Waals surface area (Å²) in [6.45, 7) is 8.15. The van der Waals surface area contributed by atoms with Crippen molar-refractivity contribution in [3.05, 3.63) is 89.6 Å². The van der Waals surface area contributed by atoms with E-state index in [-0.39, 0.29) is 17.7 Å². The third-order valence-electron chi connectivity index (χ3n) is 5.40. The molecule has 1 aliphatic rings. The van der Waals surface area contributed by atoms with Crippen molar-refractivity contribution in [2.45, 2.75) is 33.8 Å². The number of hydrogen-bond donors (Lipinski definition) is 1. The lowest BCUT2D eigenvalue weighted by atomic mass is 10.0. The standard InChI is InChI=1S/C28H28N2O4/c1-5-33-24-13-9-7-11-22(24)29-26-25(20-14-16-21(17-15-20)34-18(2)3)27(31)30(28(26)32)23-12-8-6-10-19(23)4/h6-18,29H,5H2,1-4H3. The number of hydrogen-bond acceptors (Lipinski definition) is 5. The summed E-state index contributed by atoms with van der Waals surface area (Å²) < 4.78 is 11.5. The van der Waals surface area contributed by atoms with Crippen LogP contribution in [0.1, 0.15) is 31.9 Å². The van der Waals surface area contributed by atoms with Gasteiger partial charge in [-0.15, -0.1) is 0 Å². The lowest BCUT2D eigenvalue weighted by Crippen LogP contribution is -2.33. The largest absolute Gasteiger partial charge is 0.492 e. The topological polar surface area (TPSA) is 67.9 Å². The molecule has 0 bridgehead atoms. The lowest BCUT2D eigenvalue weighted by molar-refractivity contribution is -0.120. The summed E-state index contributed by atoms with van der Waals surface area (Å²) in [5.74, 6) is 0.506. The average Bonchev–Trinajstić information content (AvgIpc) is 3.05. The Morgan fingerprint density at radius 1 is 0.882 bits per heavy atom. The van der Waals surface area contributed by atoms with E-state index in [2.05, 4.69) is 5.32 Å². The molecular weight excluding hydrogens is 428 g/mol. The zero-order valence-corrected chi connectivity index (χ0v) is 19.8. The van der Waals surface area contributed by atoms with Crippen LogP contribution in [-0.2, 0) is 9.59 Å². The SMILES string of the molecule is CCOc1ccccc1NC1=C(c2ccc(OC(C)C)cc2)C(=O)N(c2ccccc2C)C1=O. The molecule has 0 fully saturated rings. The summed E-state index contributed by atoms with van der Waals surface area (Å²) >= 11 is 0. The van der Waals surface area contributed by atoms with Crippen molar-refractivity contribution in [2.24, 2.45) is 0 Å². The molecule has 1 N–H and O–H groups in total. The third kappa shape index (κ3) is 4.53. The van der Waals surface area contributed by atoms with Crippen LogP contribution in [0, 0.1) is 6.92 Å². The second-order valence-electron chi connectivity index (χ2n) is 8.23. The van der Waals surface area contributed by atoms with Crippen LogP contribution >= 0.6 is 0 Å². The number of nitrogens with zero attached hydrogens (tertiary/aromatic N) is 1. The number of aryl methyl sites for hydroxylation is 1. The van der Waals surface area contributed by atoms with Gasteiger partial charge in [-0.05, 0) is 69.2 Å². The van der Waals surface area contributed by atoms with Gasteiger partial charge in [-0.1, -0.05) is 42.5 Å². The van der Waals surface area contributed by atoms with E-state index in [1.54, 1.807) is 18.2 Å². The summed E-state index contributed by atoms with van der Waals surface area (Å²) in [7, 11) is 0. The third-order valence-corrected chi connectivity index (χ3v) is 5.40. The van der Waals surface area contributed by atoms with Gasteiger partial charge in [0.15, 0.2) is 0 Å². The number of ether oxygens (including phenoxy) is 2. The highest BCUT2D eigenvalue weighted by molar-refractivity contribution is 6.46. The van der Waals surface area contributed by atoms with Gasteiger partial charge in [0.2, 0.25) is 0 Å². The van der Waals surface area contributed by atoms with Gasteiger partial charge < -0.3 is 14.8 Å². The Hall–Kier alpha value is -4.06. The Bertz CT molecular complexity index is 1250. The maximum atomic E-state index is 13.7. The molecule has 0 aromatic heterocycles. The Morgan fingerprint density at radius 2 is 1.56 bits per heavy atom. The van der Waals surface area contributed by atoms with E-state index in [0.717, 1.165) is 5.56 Å². The van der Waals surface area contributed by atoms with Crippen LogP contribution in [0.2, 0.25) is 0 Å². The molecule has 0 atom stereocenters. The first kappa shape index (κ1) is 23.1. The summed E-state index contributed by atoms with van der Waals surface area (Å²) in [6.07, 6.45) is 0.0311. The number of benzene rings is 3. The predicted molar refractivity (Wildman–Crippen MR) is 134 cm³/mol. The number of rotatable bonds is 8. The molecule has 0 radical (unpaired) electrons. The van der Waals surface area contributed by atoms with Gasteiger partial charge >= 0.3 is 0 Å². The molecule has 34 heavy (non-hydrogen) atoms. The van der Waals surface area contributed by atoms with Crippen LogP contribution in [0.25, 0.3) is 5.57 Å². The normalized spacial score (nSPS) is 13.6. The maximum absolute atomic E-state index is 13.7. The van der Waals surface area contributed by atoms with Crippen LogP contribution in [0.4, 0.5) is 11.4 Å². The summed E-state index contributed by atoms with van der Waals surface area (Å²) in [5, 5.41) is 3.20. The molecule has 6 nitrogen and oxygen atoms in total. The number of carbonyl (C=O) groups is 2. The molecule has 0 aliphatic carbocycles. The van der Waals surface area contributed by atoms with E-state index in [1.165, 1.54) is 4.90 Å². The zero-order chi connectivity index (χ0) is 24.2. The quantitative estimate of drug-likeness (QED) is 0.449. The van der Waals surface area contributed by atoms with Crippen LogP contribution in [0.15, 0.2) is 78.5 Å². The highest BCUT2D eigenvalue weighted by Crippen LogP contribution is 2.37. The second-order valence-corrected chi connectivity index (χ2v) is 8.23. The molecule has 3 aromatic rings. The van der Waals surface area contributed by atoms with Gasteiger partial charge in [-0.3, -0.25) is 9.59 Å². The molecular formula is C28H28N2O4. The molecule has 1 heterocycles. The second kappa shape index (κ2) is 9.83. The maximum Gasteiger partial charge on any atom is 0.282 e. The van der Waals surface area contributed by atoms with Crippen molar-refractivity contribution in [3.63, 3.8) is 0 Å². The van der Waals surface area contributed by atoms with E-state index in [9.17, 15) is 9.59 Å². The van der Waals surface area contributed by atoms with Gasteiger partial charge in [0.1, 0.15) is 17.2 Å². The van der Waals surface area contributed by atoms with Gasteiger partial charge in [-0.25, -0.2) is 4.90 Å². The predicted octanol–water partition coefficient (Wildman–Crippen LogP) is 5.58. The van der Waals surface area contributed by atoms with Crippen molar-refractivity contribution in [3.8, 4) is 11.5 Å². The zero-order valence-electron chi connectivity index (χ0n) is 19.8. The fourth-order valence-corrected chi connectivity index (χ4v) is 3.90. The first-order valence-corrected chi connectivity index (χ1v) is 11.3. The molecule has 0 unspecified atom stereocenters. The molecule has 3 aromatic carbocycles. The van der Waals surface area contributed by atoms with Gasteiger partial charge in [0, 0.05) is 0 Å². The summed E-state index contributed by atoms with van der Waals surface area (Å²) in [6, 6.07) is 21.9. The first-order chi connectivity index (χ1) is 16.4. The number of amides is 2. The van der Waals surface area contributed by atoms with E-state index >= 15 is 0 Å². The fourth-order valence-electron chi connectivity index (χ4n) is 3.90. The van der Waals surface area contributed by atoms with E-state index in [0.29, 0.717) is 40.6 Å². The van der Waals surface area contributed by atoms with Crippen LogP contribution in [-0.4, -0.2) is 24.5 Å². The Labute approximate surface area is 199 Å².